The fourth-order valence-corrected chi connectivity index (χ4v) is 7.11. The number of quaternary nitrogens is 1. The van der Waals surface area contributed by atoms with Crippen molar-refractivity contribution in [3.63, 3.8) is 0 Å². The zero-order valence-electron chi connectivity index (χ0n) is 40.1. The van der Waals surface area contributed by atoms with Gasteiger partial charge in [0.15, 0.2) is 6.10 Å². The van der Waals surface area contributed by atoms with Crippen LogP contribution >= 0.6 is 7.82 Å². The lowest BCUT2D eigenvalue weighted by atomic mass is 10.1. The first-order valence-electron chi connectivity index (χ1n) is 24.3. The largest absolute Gasteiger partial charge is 0.756 e. The summed E-state index contributed by atoms with van der Waals surface area (Å²) in [5.41, 5.74) is 0. The van der Waals surface area contributed by atoms with Gasteiger partial charge in [-0.15, -0.1) is 0 Å². The molecule has 0 aliphatic heterocycles. The van der Waals surface area contributed by atoms with E-state index >= 15 is 0 Å². The van der Waals surface area contributed by atoms with E-state index in [1.165, 1.54) is 89.5 Å². The molecule has 0 spiro atoms. The van der Waals surface area contributed by atoms with Crippen LogP contribution in [-0.2, 0) is 32.7 Å². The Balaban J connectivity index is 4.60. The van der Waals surface area contributed by atoms with Crippen LogP contribution in [0.3, 0.4) is 0 Å². The Morgan fingerprint density at radius 1 is 0.603 bits per heavy atom. The Morgan fingerprint density at radius 2 is 1.11 bits per heavy atom. The summed E-state index contributed by atoms with van der Waals surface area (Å²) in [5.74, 6) is -1.17. The van der Waals surface area contributed by atoms with Crippen LogP contribution in [0, 0.1) is 0 Å². The van der Waals surface area contributed by atoms with Gasteiger partial charge in [0.2, 0.25) is 0 Å². The summed E-state index contributed by atoms with van der Waals surface area (Å²) in [6.45, 7) is 3.72. The van der Waals surface area contributed by atoms with E-state index < -0.39 is 50.8 Å². The Bertz CT molecular complexity index is 1310. The number of aliphatic hydroxyl groups is 3. The molecule has 0 heterocycles. The first kappa shape index (κ1) is 60.6. The Morgan fingerprint density at radius 3 is 1.70 bits per heavy atom. The fraction of sp³-hybridized carbons (Fsp3) is 0.760. The van der Waals surface area contributed by atoms with Crippen LogP contribution in [0.25, 0.3) is 0 Å². The molecule has 0 aromatic rings. The monoisotopic (exact) mass is 912 g/mol. The van der Waals surface area contributed by atoms with E-state index in [1.807, 2.05) is 21.1 Å². The molecule has 0 aromatic heterocycles. The van der Waals surface area contributed by atoms with Crippen molar-refractivity contribution in [2.75, 3.05) is 47.5 Å². The van der Waals surface area contributed by atoms with Gasteiger partial charge in [-0.3, -0.25) is 14.2 Å². The lowest BCUT2D eigenvalue weighted by Gasteiger charge is -2.28. The lowest BCUT2D eigenvalue weighted by Crippen LogP contribution is -2.37. The second-order valence-electron chi connectivity index (χ2n) is 17.7. The molecular weight excluding hydrogens is 822 g/mol. The van der Waals surface area contributed by atoms with E-state index in [4.69, 9.17) is 18.5 Å². The predicted molar refractivity (Wildman–Crippen MR) is 254 cm³/mol. The second-order valence-corrected chi connectivity index (χ2v) is 19.1. The van der Waals surface area contributed by atoms with E-state index in [9.17, 15) is 34.4 Å². The van der Waals surface area contributed by atoms with Crippen molar-refractivity contribution in [2.24, 2.45) is 0 Å². The Labute approximate surface area is 383 Å². The number of unbranched alkanes of at least 4 members (excludes halogenated alkanes) is 17. The minimum Gasteiger partial charge on any atom is -0.756 e. The summed E-state index contributed by atoms with van der Waals surface area (Å²) in [6, 6.07) is 0. The van der Waals surface area contributed by atoms with Crippen molar-refractivity contribution in [1.29, 1.82) is 0 Å². The molecule has 0 saturated heterocycles. The van der Waals surface area contributed by atoms with Gasteiger partial charge in [-0.2, -0.15) is 0 Å². The number of hydrogen-bond donors (Lipinski definition) is 3. The number of phosphoric ester groups is 1. The molecule has 12 nitrogen and oxygen atoms in total. The van der Waals surface area contributed by atoms with Crippen molar-refractivity contribution in [3.05, 3.63) is 60.8 Å². The molecule has 3 N–H and O–H groups in total. The van der Waals surface area contributed by atoms with Crippen LogP contribution in [0.5, 0.6) is 0 Å². The van der Waals surface area contributed by atoms with Gasteiger partial charge in [-0.25, -0.2) is 0 Å². The van der Waals surface area contributed by atoms with Gasteiger partial charge in [-0.1, -0.05) is 171 Å². The molecule has 0 aromatic carbocycles. The van der Waals surface area contributed by atoms with Crippen molar-refractivity contribution in [3.8, 4) is 0 Å². The highest BCUT2D eigenvalue weighted by Gasteiger charge is 2.22. The van der Waals surface area contributed by atoms with E-state index in [0.29, 0.717) is 17.4 Å². The van der Waals surface area contributed by atoms with E-state index in [-0.39, 0.29) is 38.9 Å². The highest BCUT2D eigenvalue weighted by Crippen LogP contribution is 2.38. The number of phosphoric acid groups is 1. The van der Waals surface area contributed by atoms with Gasteiger partial charge in [0.05, 0.1) is 46.1 Å². The summed E-state index contributed by atoms with van der Waals surface area (Å²) in [4.78, 5) is 37.7. The number of esters is 2. The van der Waals surface area contributed by atoms with Gasteiger partial charge >= 0.3 is 11.9 Å². The molecular formula is C50H90NO11P. The maximum Gasteiger partial charge on any atom is 0.306 e. The normalized spacial score (nSPS) is 15.5. The topological polar surface area (TPSA) is 172 Å². The molecule has 13 heteroatoms. The summed E-state index contributed by atoms with van der Waals surface area (Å²) >= 11 is 0. The smallest absolute Gasteiger partial charge is 0.306 e. The number of carbonyl (C=O) groups excluding carboxylic acids is 2. The third-order valence-corrected chi connectivity index (χ3v) is 11.3. The molecule has 0 aliphatic carbocycles. The number of likely N-dealkylation sites (N-methyl/N-ethyl adjacent to an activating group) is 1. The first-order chi connectivity index (χ1) is 30.2. The van der Waals surface area contributed by atoms with Gasteiger partial charge in [0, 0.05) is 12.8 Å². The van der Waals surface area contributed by atoms with Crippen LogP contribution in [0.15, 0.2) is 60.8 Å². The van der Waals surface area contributed by atoms with E-state index in [0.717, 1.165) is 44.9 Å². The van der Waals surface area contributed by atoms with E-state index in [1.54, 1.807) is 42.5 Å². The molecule has 0 radical (unpaired) electrons. The quantitative estimate of drug-likeness (QED) is 0.0133. The number of hydrogen-bond acceptors (Lipinski definition) is 11. The second kappa shape index (κ2) is 41.1. The molecule has 63 heavy (non-hydrogen) atoms. The summed E-state index contributed by atoms with van der Waals surface area (Å²) < 4.78 is 33.7. The lowest BCUT2D eigenvalue weighted by molar-refractivity contribution is -0.870. The van der Waals surface area contributed by atoms with Crippen molar-refractivity contribution < 1.29 is 57.4 Å². The van der Waals surface area contributed by atoms with Gasteiger partial charge in [-0.05, 0) is 51.4 Å². The summed E-state index contributed by atoms with van der Waals surface area (Å²) in [6.07, 6.45) is 39.0. The first-order valence-corrected chi connectivity index (χ1v) is 25.8. The summed E-state index contributed by atoms with van der Waals surface area (Å²) in [5, 5.41) is 30.6. The van der Waals surface area contributed by atoms with Gasteiger partial charge < -0.3 is 43.2 Å². The van der Waals surface area contributed by atoms with Gasteiger partial charge in [0.25, 0.3) is 7.82 Å². The van der Waals surface area contributed by atoms with Crippen LogP contribution in [0.4, 0.5) is 0 Å². The molecule has 5 atom stereocenters. The van der Waals surface area contributed by atoms with E-state index in [2.05, 4.69) is 26.0 Å². The number of rotatable bonds is 43. The zero-order valence-corrected chi connectivity index (χ0v) is 41.0. The highest BCUT2D eigenvalue weighted by atomic mass is 31.2. The van der Waals surface area contributed by atoms with Crippen molar-refractivity contribution >= 4 is 19.8 Å². The average Bonchev–Trinajstić information content (AvgIpc) is 3.23. The Hall–Kier alpha value is -2.41. The van der Waals surface area contributed by atoms with Crippen molar-refractivity contribution in [1.82, 2.24) is 0 Å². The summed E-state index contributed by atoms with van der Waals surface area (Å²) in [7, 11) is 0.943. The molecule has 0 fully saturated rings. The average molecular weight is 912 g/mol. The predicted octanol–water partition coefficient (Wildman–Crippen LogP) is 10.3. The van der Waals surface area contributed by atoms with Crippen LogP contribution in [-0.4, -0.2) is 104 Å². The molecule has 0 amide bonds. The minimum absolute atomic E-state index is 0.0961. The molecule has 0 rings (SSSR count). The SMILES string of the molecule is CCCCCCCC/C=C\CCCCCCCCCCCC(=O)OC[C@H](COP(=O)([O-])OCC[N+](C)(C)C)OC(=O)CCC[C@H](O)[C@@H](O)/C=C/C=C/C=C\C=C\[C@@H](O)CCCCC. The fourth-order valence-electron chi connectivity index (χ4n) is 6.39. The maximum absolute atomic E-state index is 12.7. The number of nitrogens with zero attached hydrogens (tertiary/aromatic N) is 1. The minimum atomic E-state index is -4.73. The Kier molecular flexibility index (Phi) is 39.5. The molecule has 0 bridgehead atoms. The number of carbonyl (C=O) groups is 2. The van der Waals surface area contributed by atoms with Crippen LogP contribution in [0.2, 0.25) is 0 Å². The third-order valence-electron chi connectivity index (χ3n) is 10.4. The standard InChI is InChI=1S/C50H90NO11P/c1-6-8-10-11-12-13-14-15-16-17-18-19-20-21-22-23-24-29-33-39-49(55)59-43-46(44-61-63(57,58)60-42-41-51(3,4)5)62-50(56)40-34-38-48(54)47(53)37-32-28-26-25-27-31-36-45(52)35-30-9-7-2/h15-16,25-28,31-32,36-37,45-48,52-54H,6-14,17-24,29-30,33-35,38-44H2,1-5H3/b16-15-,27-25-,28-26+,36-31+,37-32+/t45-,46+,47-,48-/m0/s1. The van der Waals surface area contributed by atoms with Crippen LogP contribution < -0.4 is 4.89 Å². The third kappa shape index (κ3) is 43.3. The number of aliphatic hydroxyl groups excluding tert-OH is 3. The van der Waals surface area contributed by atoms with Gasteiger partial charge in [0.1, 0.15) is 19.8 Å². The van der Waals surface area contributed by atoms with Crippen LogP contribution in [0.1, 0.15) is 174 Å². The highest BCUT2D eigenvalue weighted by molar-refractivity contribution is 7.45. The molecule has 366 valence electrons. The molecule has 0 saturated carbocycles. The number of allylic oxidation sites excluding steroid dienone is 8. The molecule has 0 aliphatic rings. The zero-order chi connectivity index (χ0) is 46.9. The van der Waals surface area contributed by atoms with Crippen molar-refractivity contribution in [2.45, 2.75) is 199 Å². The maximum atomic E-state index is 12.7. The molecule has 1 unspecified atom stereocenters. The number of ether oxygens (including phenoxy) is 2.